The van der Waals surface area contributed by atoms with Gasteiger partial charge in [-0.2, -0.15) is 26.3 Å². The molecule has 0 radical (unpaired) electrons. The highest BCUT2D eigenvalue weighted by Crippen LogP contribution is 2.36. The Bertz CT molecular complexity index is 494. The third kappa shape index (κ3) is 4.36. The van der Waals surface area contributed by atoms with Crippen molar-refractivity contribution in [2.45, 2.75) is 32.0 Å². The number of alkyl halides is 6. The van der Waals surface area contributed by atoms with Gasteiger partial charge in [-0.1, -0.05) is 0 Å². The van der Waals surface area contributed by atoms with Crippen LogP contribution in [0.15, 0.2) is 10.5 Å². The van der Waals surface area contributed by atoms with E-state index < -0.39 is 31.0 Å². The van der Waals surface area contributed by atoms with Crippen LogP contribution in [-0.4, -0.2) is 24.4 Å². The molecule has 11 heteroatoms. The van der Waals surface area contributed by atoms with Crippen molar-refractivity contribution >= 4 is 5.91 Å². The van der Waals surface area contributed by atoms with Crippen molar-refractivity contribution in [3.05, 3.63) is 23.2 Å². The van der Waals surface area contributed by atoms with Crippen molar-refractivity contribution in [1.82, 2.24) is 5.43 Å². The maximum absolute atomic E-state index is 12.2. The van der Waals surface area contributed by atoms with Gasteiger partial charge < -0.3 is 9.15 Å². The summed E-state index contributed by atoms with van der Waals surface area (Å²) in [5.41, 5.74) is 1.63. The molecular weight excluding hydrogens is 310 g/mol. The summed E-state index contributed by atoms with van der Waals surface area (Å²) in [6, 6.07) is 0.946. The summed E-state index contributed by atoms with van der Waals surface area (Å²) < 4.78 is 82.0. The molecule has 0 aliphatic heterocycles. The summed E-state index contributed by atoms with van der Waals surface area (Å²) in [5.74, 6) is 3.66. The number of hydrogen-bond donors (Lipinski definition) is 2. The number of aryl methyl sites for hydroxylation is 1. The predicted octanol–water partition coefficient (Wildman–Crippen LogP) is 2.20. The van der Waals surface area contributed by atoms with E-state index in [0.29, 0.717) is 0 Å². The van der Waals surface area contributed by atoms with Crippen LogP contribution in [0.5, 0.6) is 0 Å². The van der Waals surface area contributed by atoms with Gasteiger partial charge in [0.05, 0.1) is 5.56 Å². The maximum Gasteiger partial charge on any atom is 0.423 e. The lowest BCUT2D eigenvalue weighted by molar-refractivity contribution is -0.325. The largest absolute Gasteiger partial charge is 0.463 e. The molecule has 0 saturated heterocycles. The van der Waals surface area contributed by atoms with Gasteiger partial charge in [0.2, 0.25) is 6.10 Å². The van der Waals surface area contributed by atoms with E-state index in [2.05, 4.69) is 4.74 Å². The van der Waals surface area contributed by atoms with Gasteiger partial charge in [0.15, 0.2) is 0 Å². The summed E-state index contributed by atoms with van der Waals surface area (Å²) in [6.45, 7) is 0.182. The molecule has 0 aliphatic carbocycles. The molecule has 0 aromatic carbocycles. The molecule has 1 rings (SSSR count). The van der Waals surface area contributed by atoms with Gasteiger partial charge >= 0.3 is 12.4 Å². The molecule has 0 bridgehead atoms. The Morgan fingerprint density at radius 1 is 1.33 bits per heavy atom. The zero-order valence-electron chi connectivity index (χ0n) is 10.4. The molecule has 0 fully saturated rings. The first-order chi connectivity index (χ1) is 9.46. The van der Waals surface area contributed by atoms with Gasteiger partial charge in [-0.25, -0.2) is 5.84 Å². The van der Waals surface area contributed by atoms with Crippen LogP contribution in [0.3, 0.4) is 0 Å². The van der Waals surface area contributed by atoms with Gasteiger partial charge in [0.1, 0.15) is 18.1 Å². The molecule has 1 heterocycles. The van der Waals surface area contributed by atoms with Crippen LogP contribution in [0.1, 0.15) is 21.9 Å². The molecule has 1 amide bonds. The van der Waals surface area contributed by atoms with Crippen molar-refractivity contribution in [3.63, 3.8) is 0 Å². The minimum absolute atomic E-state index is 0.0212. The van der Waals surface area contributed by atoms with Gasteiger partial charge in [0, 0.05) is 0 Å². The molecule has 0 spiro atoms. The van der Waals surface area contributed by atoms with Crippen molar-refractivity contribution in [3.8, 4) is 0 Å². The van der Waals surface area contributed by atoms with E-state index >= 15 is 0 Å². The third-order valence-corrected chi connectivity index (χ3v) is 2.33. The molecule has 5 nitrogen and oxygen atoms in total. The highest BCUT2D eigenvalue weighted by atomic mass is 19.4. The molecule has 21 heavy (non-hydrogen) atoms. The smallest absolute Gasteiger partial charge is 0.423 e. The number of nitrogen functional groups attached to an aromatic ring is 1. The Balaban J connectivity index is 2.85. The molecule has 0 saturated carbocycles. The number of nitrogens with one attached hydrogen (secondary N) is 1. The highest BCUT2D eigenvalue weighted by Gasteiger charge is 2.58. The standard InChI is InChI=1S/C10H10F6N2O3/c1-4-6(7(19)18-17)2-5(21-4)3-20-8(9(11,12)13)10(14,15)16/h2,8H,3,17H2,1H3,(H,18,19). The number of ether oxygens (including phenoxy) is 1. The molecule has 0 atom stereocenters. The van der Waals surface area contributed by atoms with Crippen molar-refractivity contribution in [2.24, 2.45) is 5.84 Å². The van der Waals surface area contributed by atoms with Crippen LogP contribution in [0.25, 0.3) is 0 Å². The van der Waals surface area contributed by atoms with Crippen LogP contribution in [0, 0.1) is 6.92 Å². The van der Waals surface area contributed by atoms with Crippen LogP contribution in [0.4, 0.5) is 26.3 Å². The Morgan fingerprint density at radius 2 is 1.86 bits per heavy atom. The fourth-order valence-corrected chi connectivity index (χ4v) is 1.46. The zero-order valence-corrected chi connectivity index (χ0v) is 10.4. The molecular formula is C10H10F6N2O3. The average molecular weight is 320 g/mol. The molecule has 1 aromatic heterocycles. The van der Waals surface area contributed by atoms with E-state index in [-0.39, 0.29) is 17.1 Å². The van der Waals surface area contributed by atoms with Crippen LogP contribution in [0.2, 0.25) is 0 Å². The van der Waals surface area contributed by atoms with E-state index in [1.165, 1.54) is 6.92 Å². The number of carbonyl (C=O) groups excluding carboxylic acids is 1. The summed E-state index contributed by atoms with van der Waals surface area (Å²) in [5, 5.41) is 0. The Morgan fingerprint density at radius 3 is 2.29 bits per heavy atom. The van der Waals surface area contributed by atoms with Crippen molar-refractivity contribution < 1.29 is 40.3 Å². The molecule has 120 valence electrons. The second-order valence-electron chi connectivity index (χ2n) is 3.93. The average Bonchev–Trinajstić information content (AvgIpc) is 2.66. The van der Waals surface area contributed by atoms with Gasteiger partial charge in [0.25, 0.3) is 5.91 Å². The first-order valence-electron chi connectivity index (χ1n) is 5.32. The lowest BCUT2D eigenvalue weighted by atomic mass is 10.2. The van der Waals surface area contributed by atoms with E-state index in [4.69, 9.17) is 10.3 Å². The second kappa shape index (κ2) is 5.93. The number of rotatable bonds is 4. The number of amides is 1. The zero-order chi connectivity index (χ0) is 16.4. The molecule has 0 aliphatic rings. The number of carbonyl (C=O) groups is 1. The Kier molecular flexibility index (Phi) is 4.89. The van der Waals surface area contributed by atoms with Crippen LogP contribution < -0.4 is 11.3 Å². The monoisotopic (exact) mass is 320 g/mol. The first kappa shape index (κ1) is 17.3. The first-order valence-corrected chi connectivity index (χ1v) is 5.32. The van der Waals surface area contributed by atoms with Gasteiger partial charge in [-0.15, -0.1) is 0 Å². The summed E-state index contributed by atoms with van der Waals surface area (Å²) in [7, 11) is 0. The second-order valence-corrected chi connectivity index (χ2v) is 3.93. The lowest BCUT2D eigenvalue weighted by Gasteiger charge is -2.22. The topological polar surface area (TPSA) is 77.5 Å². The SMILES string of the molecule is Cc1oc(COC(C(F)(F)F)C(F)(F)F)cc1C(=O)NN. The van der Waals surface area contributed by atoms with E-state index in [1.807, 2.05) is 0 Å². The van der Waals surface area contributed by atoms with Gasteiger partial charge in [-0.3, -0.25) is 10.2 Å². The quantitative estimate of drug-likeness (QED) is 0.386. The minimum atomic E-state index is -5.61. The number of nitrogens with two attached hydrogens (primary N) is 1. The molecule has 3 N–H and O–H groups in total. The normalized spacial score (nSPS) is 12.8. The summed E-state index contributed by atoms with van der Waals surface area (Å²) in [4.78, 5) is 11.2. The van der Waals surface area contributed by atoms with Crippen LogP contribution in [-0.2, 0) is 11.3 Å². The fourth-order valence-electron chi connectivity index (χ4n) is 1.46. The fraction of sp³-hybridized carbons (Fsp3) is 0.500. The summed E-state index contributed by atoms with van der Waals surface area (Å²) >= 11 is 0. The van der Waals surface area contributed by atoms with E-state index in [0.717, 1.165) is 6.07 Å². The minimum Gasteiger partial charge on any atom is -0.463 e. The molecule has 1 aromatic rings. The number of halogens is 6. The highest BCUT2D eigenvalue weighted by molar-refractivity contribution is 5.94. The number of hydrogen-bond acceptors (Lipinski definition) is 4. The Labute approximate surface area is 114 Å². The van der Waals surface area contributed by atoms with E-state index in [1.54, 1.807) is 5.43 Å². The number of hydrazine groups is 1. The predicted molar refractivity (Wildman–Crippen MR) is 55.8 cm³/mol. The Hall–Kier alpha value is -1.75. The lowest BCUT2D eigenvalue weighted by Crippen LogP contribution is -2.44. The molecule has 0 unspecified atom stereocenters. The summed E-state index contributed by atoms with van der Waals surface area (Å²) in [6.07, 6.45) is -15.2. The van der Waals surface area contributed by atoms with Crippen molar-refractivity contribution in [1.29, 1.82) is 0 Å². The van der Waals surface area contributed by atoms with Crippen LogP contribution >= 0.6 is 0 Å². The van der Waals surface area contributed by atoms with Gasteiger partial charge in [-0.05, 0) is 13.0 Å². The maximum atomic E-state index is 12.2. The van der Waals surface area contributed by atoms with Crippen molar-refractivity contribution in [2.75, 3.05) is 0 Å². The third-order valence-electron chi connectivity index (χ3n) is 2.33. The van der Waals surface area contributed by atoms with E-state index in [9.17, 15) is 31.1 Å². The number of furan rings is 1.